The molecule has 0 radical (unpaired) electrons. The Balaban J connectivity index is 1.92. The van der Waals surface area contributed by atoms with Gasteiger partial charge in [-0.2, -0.15) is 4.72 Å². The minimum absolute atomic E-state index is 0.273. The van der Waals surface area contributed by atoms with E-state index in [2.05, 4.69) is 9.71 Å². The molecule has 1 N–H and O–H groups in total. The molecule has 7 heteroatoms. The first kappa shape index (κ1) is 16.6. The summed E-state index contributed by atoms with van der Waals surface area (Å²) in [7, 11) is -2.02. The molecule has 0 saturated heterocycles. The van der Waals surface area contributed by atoms with Crippen LogP contribution >= 0.6 is 11.3 Å². The molecule has 0 atom stereocenters. The van der Waals surface area contributed by atoms with Crippen molar-refractivity contribution in [1.29, 1.82) is 0 Å². The number of nitrogens with zero attached hydrogens (tertiary/aromatic N) is 1. The Labute approximate surface area is 140 Å². The van der Waals surface area contributed by atoms with Gasteiger partial charge in [0.2, 0.25) is 10.0 Å². The van der Waals surface area contributed by atoms with E-state index in [0.29, 0.717) is 6.61 Å². The van der Waals surface area contributed by atoms with E-state index >= 15 is 0 Å². The van der Waals surface area contributed by atoms with Crippen LogP contribution in [0.2, 0.25) is 0 Å². The molecule has 23 heavy (non-hydrogen) atoms. The van der Waals surface area contributed by atoms with Crippen molar-refractivity contribution in [2.75, 3.05) is 7.11 Å². The second kappa shape index (κ2) is 6.68. The number of hydrogen-bond donors (Lipinski definition) is 1. The summed E-state index contributed by atoms with van der Waals surface area (Å²) in [5.41, 5.74) is 0.273. The Morgan fingerprint density at radius 1 is 1.35 bits per heavy atom. The fraction of sp³-hybridized carbons (Fsp3) is 0.438. The normalized spacial score (nSPS) is 17.4. The summed E-state index contributed by atoms with van der Waals surface area (Å²) in [6.07, 6.45) is 5.32. The van der Waals surface area contributed by atoms with Crippen LogP contribution in [-0.2, 0) is 26.9 Å². The SMILES string of the molecule is COCc1cccc(S(=O)(=O)NC2(c3nccs3)CCCC2)c1. The maximum Gasteiger partial charge on any atom is 0.241 e. The molecule has 1 aliphatic carbocycles. The first-order valence-electron chi connectivity index (χ1n) is 7.58. The Kier molecular flexibility index (Phi) is 4.82. The molecule has 124 valence electrons. The molecule has 1 aliphatic rings. The highest BCUT2D eigenvalue weighted by Gasteiger charge is 2.41. The zero-order valence-electron chi connectivity index (χ0n) is 13.0. The third-order valence-electron chi connectivity index (χ3n) is 4.15. The fourth-order valence-electron chi connectivity index (χ4n) is 3.08. The van der Waals surface area contributed by atoms with Crippen molar-refractivity contribution in [3.05, 3.63) is 46.4 Å². The van der Waals surface area contributed by atoms with Gasteiger partial charge in [0.15, 0.2) is 0 Å². The quantitative estimate of drug-likeness (QED) is 0.868. The number of sulfonamides is 1. The number of hydrogen-bond acceptors (Lipinski definition) is 5. The maximum absolute atomic E-state index is 12.9. The van der Waals surface area contributed by atoms with E-state index in [4.69, 9.17) is 4.74 Å². The number of nitrogens with one attached hydrogen (secondary N) is 1. The van der Waals surface area contributed by atoms with E-state index in [9.17, 15) is 8.42 Å². The fourth-order valence-corrected chi connectivity index (χ4v) is 5.50. The Morgan fingerprint density at radius 2 is 2.13 bits per heavy atom. The lowest BCUT2D eigenvalue weighted by Crippen LogP contribution is -2.43. The van der Waals surface area contributed by atoms with Crippen LogP contribution in [0.1, 0.15) is 36.3 Å². The van der Waals surface area contributed by atoms with Gasteiger partial charge in [-0.25, -0.2) is 13.4 Å². The van der Waals surface area contributed by atoms with Gasteiger partial charge >= 0.3 is 0 Å². The van der Waals surface area contributed by atoms with Crippen molar-refractivity contribution in [3.8, 4) is 0 Å². The summed E-state index contributed by atoms with van der Waals surface area (Å²) in [6, 6.07) is 6.88. The van der Waals surface area contributed by atoms with E-state index in [1.54, 1.807) is 31.5 Å². The first-order chi connectivity index (χ1) is 11.1. The lowest BCUT2D eigenvalue weighted by Gasteiger charge is -2.27. The van der Waals surface area contributed by atoms with Crippen LogP contribution in [0.3, 0.4) is 0 Å². The summed E-state index contributed by atoms with van der Waals surface area (Å²) in [5.74, 6) is 0. The van der Waals surface area contributed by atoms with E-state index < -0.39 is 15.6 Å². The van der Waals surface area contributed by atoms with Crippen molar-refractivity contribution in [2.24, 2.45) is 0 Å². The average molecular weight is 352 g/mol. The van der Waals surface area contributed by atoms with Crippen LogP contribution < -0.4 is 4.72 Å². The highest BCUT2D eigenvalue weighted by Crippen LogP contribution is 2.40. The van der Waals surface area contributed by atoms with E-state index in [1.807, 2.05) is 11.4 Å². The zero-order chi connectivity index (χ0) is 16.3. The predicted octanol–water partition coefficient (Wildman–Crippen LogP) is 3.04. The summed E-state index contributed by atoms with van der Waals surface area (Å²) < 4.78 is 33.8. The average Bonchev–Trinajstić information content (AvgIpc) is 3.19. The van der Waals surface area contributed by atoms with E-state index in [1.165, 1.54) is 11.3 Å². The minimum atomic E-state index is -3.61. The van der Waals surface area contributed by atoms with Crippen LogP contribution in [0, 0.1) is 0 Å². The number of ether oxygens (including phenoxy) is 1. The van der Waals surface area contributed by atoms with Crippen molar-refractivity contribution in [1.82, 2.24) is 9.71 Å². The lowest BCUT2D eigenvalue weighted by molar-refractivity contribution is 0.184. The molecule has 0 bridgehead atoms. The van der Waals surface area contributed by atoms with Crippen molar-refractivity contribution in [2.45, 2.75) is 42.7 Å². The van der Waals surface area contributed by atoms with Gasteiger partial charge in [0, 0.05) is 18.7 Å². The van der Waals surface area contributed by atoms with Crippen LogP contribution in [-0.4, -0.2) is 20.5 Å². The van der Waals surface area contributed by atoms with Crippen LogP contribution in [0.25, 0.3) is 0 Å². The number of methoxy groups -OCH3 is 1. The molecule has 0 amide bonds. The number of rotatable bonds is 6. The molecule has 1 saturated carbocycles. The molecule has 3 rings (SSSR count). The Hall–Kier alpha value is -1.28. The van der Waals surface area contributed by atoms with Gasteiger partial charge < -0.3 is 4.74 Å². The Morgan fingerprint density at radius 3 is 2.78 bits per heavy atom. The van der Waals surface area contributed by atoms with Crippen molar-refractivity contribution >= 4 is 21.4 Å². The van der Waals surface area contributed by atoms with E-state index in [0.717, 1.165) is 36.3 Å². The van der Waals surface area contributed by atoms with Gasteiger partial charge in [0.1, 0.15) is 5.01 Å². The molecule has 0 spiro atoms. The largest absolute Gasteiger partial charge is 0.380 e. The summed E-state index contributed by atoms with van der Waals surface area (Å²) >= 11 is 1.51. The number of benzene rings is 1. The zero-order valence-corrected chi connectivity index (χ0v) is 14.6. The molecule has 5 nitrogen and oxygen atoms in total. The van der Waals surface area contributed by atoms with Crippen LogP contribution in [0.4, 0.5) is 0 Å². The number of aromatic nitrogens is 1. The topological polar surface area (TPSA) is 68.3 Å². The molecular formula is C16H20N2O3S2. The first-order valence-corrected chi connectivity index (χ1v) is 9.94. The second-order valence-corrected chi connectivity index (χ2v) is 8.39. The lowest BCUT2D eigenvalue weighted by atomic mass is 10.0. The van der Waals surface area contributed by atoms with Gasteiger partial charge in [0.25, 0.3) is 0 Å². The third kappa shape index (κ3) is 3.47. The van der Waals surface area contributed by atoms with Crippen molar-refractivity contribution in [3.63, 3.8) is 0 Å². The van der Waals surface area contributed by atoms with Crippen LogP contribution in [0.15, 0.2) is 40.7 Å². The minimum Gasteiger partial charge on any atom is -0.380 e. The molecule has 1 heterocycles. The molecule has 2 aromatic rings. The third-order valence-corrected chi connectivity index (χ3v) is 6.66. The van der Waals surface area contributed by atoms with Crippen LogP contribution in [0.5, 0.6) is 0 Å². The molecule has 1 aromatic heterocycles. The van der Waals surface area contributed by atoms with E-state index in [-0.39, 0.29) is 4.90 Å². The van der Waals surface area contributed by atoms with Gasteiger partial charge in [-0.15, -0.1) is 11.3 Å². The molecular weight excluding hydrogens is 332 g/mol. The smallest absolute Gasteiger partial charge is 0.241 e. The molecule has 0 unspecified atom stereocenters. The summed E-state index contributed by atoms with van der Waals surface area (Å²) in [4.78, 5) is 4.64. The summed E-state index contributed by atoms with van der Waals surface area (Å²) in [5, 5.41) is 2.75. The standard InChI is InChI=1S/C16H20N2O3S2/c1-21-12-13-5-4-6-14(11-13)23(19,20)18-16(7-2-3-8-16)15-17-9-10-22-15/h4-6,9-11,18H,2-3,7-8,12H2,1H3. The van der Waals surface area contributed by atoms with Gasteiger partial charge in [0.05, 0.1) is 17.0 Å². The monoisotopic (exact) mass is 352 g/mol. The van der Waals surface area contributed by atoms with Gasteiger partial charge in [-0.1, -0.05) is 25.0 Å². The molecule has 0 aliphatic heterocycles. The highest BCUT2D eigenvalue weighted by molar-refractivity contribution is 7.89. The van der Waals surface area contributed by atoms with Gasteiger partial charge in [-0.3, -0.25) is 0 Å². The second-order valence-electron chi connectivity index (χ2n) is 5.81. The highest BCUT2D eigenvalue weighted by atomic mass is 32.2. The molecule has 1 fully saturated rings. The summed E-state index contributed by atoms with van der Waals surface area (Å²) in [6.45, 7) is 0.390. The Bertz CT molecular complexity index is 751. The molecule has 1 aromatic carbocycles. The number of thiazole rings is 1. The maximum atomic E-state index is 12.9. The van der Waals surface area contributed by atoms with Gasteiger partial charge in [-0.05, 0) is 30.5 Å². The van der Waals surface area contributed by atoms with Crippen molar-refractivity contribution < 1.29 is 13.2 Å². The predicted molar refractivity (Wildman–Crippen MR) is 89.7 cm³/mol.